The minimum atomic E-state index is -4.55. The summed E-state index contributed by atoms with van der Waals surface area (Å²) in [6, 6.07) is 4.88. The summed E-state index contributed by atoms with van der Waals surface area (Å²) in [5, 5.41) is 10.3. The number of aromatic nitrogens is 3. The lowest BCUT2D eigenvalue weighted by Gasteiger charge is -2.24. The van der Waals surface area contributed by atoms with Crippen molar-refractivity contribution in [2.24, 2.45) is 5.92 Å². The number of rotatable bonds is 2. The van der Waals surface area contributed by atoms with E-state index in [1.54, 1.807) is 4.90 Å². The van der Waals surface area contributed by atoms with Crippen LogP contribution in [-0.4, -0.2) is 50.8 Å². The maximum Gasteiger partial charge on any atom is 0.418 e. The van der Waals surface area contributed by atoms with Gasteiger partial charge in [0.2, 0.25) is 5.91 Å². The molecule has 142 valence electrons. The number of nitrogens with zero attached hydrogens (tertiary/aromatic N) is 4. The van der Waals surface area contributed by atoms with Gasteiger partial charge in [0.15, 0.2) is 5.69 Å². The first kappa shape index (κ1) is 17.5. The van der Waals surface area contributed by atoms with Crippen LogP contribution in [0, 0.1) is 5.92 Å². The molecule has 2 atom stereocenters. The second-order valence-electron chi connectivity index (χ2n) is 6.75. The number of para-hydroxylation sites is 1. The van der Waals surface area contributed by atoms with Crippen LogP contribution >= 0.6 is 0 Å². The van der Waals surface area contributed by atoms with Crippen molar-refractivity contribution in [1.29, 1.82) is 0 Å². The average Bonchev–Trinajstić information content (AvgIpc) is 3.27. The third-order valence-electron chi connectivity index (χ3n) is 4.99. The Hall–Kier alpha value is -2.91. The van der Waals surface area contributed by atoms with Crippen LogP contribution in [0.1, 0.15) is 28.9 Å². The smallest absolute Gasteiger partial charge is 0.351 e. The van der Waals surface area contributed by atoms with E-state index in [1.807, 2.05) is 0 Å². The van der Waals surface area contributed by atoms with Gasteiger partial charge in [-0.15, -0.1) is 5.10 Å². The van der Waals surface area contributed by atoms with E-state index in [9.17, 15) is 22.8 Å². The number of hydrogen-bond acceptors (Lipinski definition) is 4. The number of fused-ring (bicyclic) bond motifs is 1. The second kappa shape index (κ2) is 6.36. The number of amides is 2. The second-order valence-corrected chi connectivity index (χ2v) is 6.75. The molecule has 1 N–H and O–H groups in total. The lowest BCUT2D eigenvalue weighted by molar-refractivity contribution is -0.137. The molecule has 0 saturated carbocycles. The van der Waals surface area contributed by atoms with Crippen molar-refractivity contribution in [3.63, 3.8) is 0 Å². The van der Waals surface area contributed by atoms with Gasteiger partial charge in [-0.25, -0.2) is 4.68 Å². The molecule has 2 unspecified atom stereocenters. The first-order valence-corrected chi connectivity index (χ1v) is 8.50. The zero-order chi connectivity index (χ0) is 19.2. The number of alkyl halides is 3. The van der Waals surface area contributed by atoms with Gasteiger partial charge in [0.1, 0.15) is 0 Å². The molecule has 2 fully saturated rings. The van der Waals surface area contributed by atoms with Crippen molar-refractivity contribution < 1.29 is 22.8 Å². The first-order valence-electron chi connectivity index (χ1n) is 8.50. The lowest BCUT2D eigenvalue weighted by atomic mass is 9.94. The van der Waals surface area contributed by atoms with Crippen molar-refractivity contribution >= 4 is 11.8 Å². The minimum absolute atomic E-state index is 0.0275. The van der Waals surface area contributed by atoms with Crippen LogP contribution in [-0.2, 0) is 11.0 Å². The highest BCUT2D eigenvalue weighted by molar-refractivity contribution is 5.92. The molecule has 0 radical (unpaired) electrons. The number of halogens is 3. The van der Waals surface area contributed by atoms with Gasteiger partial charge in [-0.05, 0) is 24.5 Å². The Morgan fingerprint density at radius 3 is 2.78 bits per heavy atom. The molecule has 2 aliphatic rings. The molecule has 0 spiro atoms. The van der Waals surface area contributed by atoms with Gasteiger partial charge in [-0.1, -0.05) is 17.3 Å². The zero-order valence-corrected chi connectivity index (χ0v) is 14.1. The van der Waals surface area contributed by atoms with E-state index in [-0.39, 0.29) is 29.2 Å². The number of likely N-dealkylation sites (tertiary alicyclic amines) is 1. The Morgan fingerprint density at radius 1 is 1.22 bits per heavy atom. The van der Waals surface area contributed by atoms with Crippen molar-refractivity contribution in [2.45, 2.75) is 25.1 Å². The largest absolute Gasteiger partial charge is 0.418 e. The Labute approximate surface area is 152 Å². The third-order valence-corrected chi connectivity index (χ3v) is 4.99. The number of benzene rings is 1. The van der Waals surface area contributed by atoms with Crippen LogP contribution in [0.15, 0.2) is 30.5 Å². The maximum absolute atomic E-state index is 13.2. The van der Waals surface area contributed by atoms with Gasteiger partial charge in [-0.3, -0.25) is 9.59 Å². The van der Waals surface area contributed by atoms with Gasteiger partial charge >= 0.3 is 6.18 Å². The standard InChI is InChI=1S/C17H16F3N5O2/c18-17(19,20)11-3-1-2-4-14(11)25-9-13(22-23-25)16(27)24-7-10-5-6-15(26)21-12(10)8-24/h1-4,9-10,12H,5-8H2,(H,21,26). The van der Waals surface area contributed by atoms with Gasteiger partial charge in [-0.2, -0.15) is 13.2 Å². The summed E-state index contributed by atoms with van der Waals surface area (Å²) in [4.78, 5) is 25.7. The average molecular weight is 379 g/mol. The minimum Gasteiger partial charge on any atom is -0.351 e. The fourth-order valence-electron chi connectivity index (χ4n) is 3.64. The Bertz CT molecular complexity index is 895. The molecule has 27 heavy (non-hydrogen) atoms. The van der Waals surface area contributed by atoms with Crippen LogP contribution in [0.3, 0.4) is 0 Å². The molecule has 10 heteroatoms. The normalized spacial score (nSPS) is 22.5. The van der Waals surface area contributed by atoms with Crippen molar-refractivity contribution in [1.82, 2.24) is 25.2 Å². The highest BCUT2D eigenvalue weighted by Gasteiger charge is 2.39. The molecule has 1 aromatic heterocycles. The molecular weight excluding hydrogens is 363 g/mol. The van der Waals surface area contributed by atoms with Crippen LogP contribution in [0.25, 0.3) is 5.69 Å². The summed E-state index contributed by atoms with van der Waals surface area (Å²) in [6.07, 6.45) is -2.19. The van der Waals surface area contributed by atoms with Gasteiger partial charge in [0, 0.05) is 19.5 Å². The molecule has 0 aliphatic carbocycles. The van der Waals surface area contributed by atoms with Crippen LogP contribution in [0.4, 0.5) is 13.2 Å². The molecular formula is C17H16F3N5O2. The van der Waals surface area contributed by atoms with Crippen molar-refractivity contribution in [3.05, 3.63) is 41.7 Å². The highest BCUT2D eigenvalue weighted by Crippen LogP contribution is 2.33. The highest BCUT2D eigenvalue weighted by atomic mass is 19.4. The Morgan fingerprint density at radius 2 is 2.00 bits per heavy atom. The Balaban J connectivity index is 1.55. The first-order chi connectivity index (χ1) is 12.8. The summed E-state index contributed by atoms with van der Waals surface area (Å²) in [6.45, 7) is 0.844. The summed E-state index contributed by atoms with van der Waals surface area (Å²) in [5.74, 6) is -0.248. The zero-order valence-electron chi connectivity index (χ0n) is 14.1. The van der Waals surface area contributed by atoms with E-state index in [4.69, 9.17) is 0 Å². The number of carbonyl (C=O) groups excluding carboxylic acids is 2. The van der Waals surface area contributed by atoms with Crippen molar-refractivity contribution in [3.8, 4) is 5.69 Å². The van der Waals surface area contributed by atoms with E-state index in [2.05, 4.69) is 15.6 Å². The molecule has 2 aromatic rings. The molecule has 2 saturated heterocycles. The quantitative estimate of drug-likeness (QED) is 0.860. The number of nitrogens with one attached hydrogen (secondary N) is 1. The summed E-state index contributed by atoms with van der Waals surface area (Å²) in [5.41, 5.74) is -1.08. The molecule has 0 bridgehead atoms. The summed E-state index contributed by atoms with van der Waals surface area (Å²) in [7, 11) is 0. The van der Waals surface area contributed by atoms with Gasteiger partial charge in [0.05, 0.1) is 23.5 Å². The molecule has 2 aliphatic heterocycles. The predicted molar refractivity (Wildman–Crippen MR) is 86.9 cm³/mol. The molecule has 3 heterocycles. The Kier molecular flexibility index (Phi) is 4.12. The molecule has 7 nitrogen and oxygen atoms in total. The van der Waals surface area contributed by atoms with Crippen LogP contribution < -0.4 is 5.32 Å². The van der Waals surface area contributed by atoms with Crippen molar-refractivity contribution in [2.75, 3.05) is 13.1 Å². The molecule has 2 amide bonds. The van der Waals surface area contributed by atoms with E-state index in [0.717, 1.165) is 10.7 Å². The van der Waals surface area contributed by atoms with Gasteiger partial charge in [0.25, 0.3) is 5.91 Å². The molecule has 1 aromatic carbocycles. The van der Waals surface area contributed by atoms with Gasteiger partial charge < -0.3 is 10.2 Å². The molecule has 4 rings (SSSR count). The monoisotopic (exact) mass is 379 g/mol. The summed E-state index contributed by atoms with van der Waals surface area (Å²) >= 11 is 0. The predicted octanol–water partition coefficient (Wildman–Crippen LogP) is 1.64. The lowest BCUT2D eigenvalue weighted by Crippen LogP contribution is -2.44. The summed E-state index contributed by atoms with van der Waals surface area (Å²) < 4.78 is 40.5. The van der Waals surface area contributed by atoms with Crippen LogP contribution in [0.2, 0.25) is 0 Å². The van der Waals surface area contributed by atoms with E-state index >= 15 is 0 Å². The van der Waals surface area contributed by atoms with E-state index < -0.39 is 17.6 Å². The third kappa shape index (κ3) is 3.26. The number of carbonyl (C=O) groups is 2. The number of piperidine rings is 1. The topological polar surface area (TPSA) is 80.1 Å². The van der Waals surface area contributed by atoms with Crippen LogP contribution in [0.5, 0.6) is 0 Å². The van der Waals surface area contributed by atoms with E-state index in [0.29, 0.717) is 25.9 Å². The van der Waals surface area contributed by atoms with E-state index in [1.165, 1.54) is 24.4 Å². The SMILES string of the molecule is O=C1CCC2CN(C(=O)c3cn(-c4ccccc4C(F)(F)F)nn3)CC2N1. The number of hydrogen-bond donors (Lipinski definition) is 1. The fourth-order valence-corrected chi connectivity index (χ4v) is 3.64. The fraction of sp³-hybridized carbons (Fsp3) is 0.412. The maximum atomic E-state index is 13.2.